The van der Waals surface area contributed by atoms with Gasteiger partial charge in [0.1, 0.15) is 0 Å². The second-order valence-corrected chi connectivity index (χ2v) is 6.80. The number of fused-ring (bicyclic) bond motifs is 1. The van der Waals surface area contributed by atoms with Gasteiger partial charge >= 0.3 is 0 Å². The summed E-state index contributed by atoms with van der Waals surface area (Å²) in [4.78, 5) is 0. The number of rotatable bonds is 8. The highest BCUT2D eigenvalue weighted by Gasteiger charge is 2.14. The van der Waals surface area contributed by atoms with Crippen molar-refractivity contribution in [3.8, 4) is 0 Å². The Hall–Kier alpha value is -1.23. The molecule has 0 radical (unpaired) electrons. The number of nitrogens with zero attached hydrogens (tertiary/aromatic N) is 1. The topological polar surface area (TPSA) is 29.0 Å². The summed E-state index contributed by atoms with van der Waals surface area (Å²) in [6, 6.07) is 16.7. The first-order chi connectivity index (χ1) is 12.2. The molecule has 0 amide bonds. The van der Waals surface area contributed by atoms with E-state index in [4.69, 9.17) is 11.6 Å². The van der Waals surface area contributed by atoms with Crippen molar-refractivity contribution in [2.45, 2.75) is 26.4 Å². The van der Waals surface area contributed by atoms with Crippen molar-refractivity contribution in [1.82, 2.24) is 15.2 Å². The van der Waals surface area contributed by atoms with Gasteiger partial charge in [-0.05, 0) is 56.7 Å². The van der Waals surface area contributed by atoms with Gasteiger partial charge in [-0.25, -0.2) is 0 Å². The van der Waals surface area contributed by atoms with Crippen LogP contribution in [0, 0.1) is 6.92 Å². The lowest BCUT2D eigenvalue weighted by Gasteiger charge is -2.11. The fraction of sp³-hybridized carbons (Fsp3) is 0.333. The van der Waals surface area contributed by atoms with Gasteiger partial charge in [0, 0.05) is 34.7 Å². The molecule has 0 spiro atoms. The molecule has 148 valence electrons. The molecule has 0 unspecified atom stereocenters. The molecule has 0 bridgehead atoms. The first-order valence-corrected chi connectivity index (χ1v) is 9.25. The minimum absolute atomic E-state index is 0. The zero-order valence-corrected chi connectivity index (χ0v) is 18.2. The van der Waals surface area contributed by atoms with Gasteiger partial charge in [0.2, 0.25) is 0 Å². The molecule has 3 nitrogen and oxygen atoms in total. The molecule has 1 aromatic heterocycles. The lowest BCUT2D eigenvalue weighted by molar-refractivity contribution is 0.623. The molecule has 0 saturated carbocycles. The third kappa shape index (κ3) is 5.63. The van der Waals surface area contributed by atoms with E-state index in [1.807, 2.05) is 25.2 Å². The minimum Gasteiger partial charge on any atom is -0.340 e. The summed E-state index contributed by atoms with van der Waals surface area (Å²) in [6.45, 7) is 5.96. The van der Waals surface area contributed by atoms with E-state index in [0.717, 1.165) is 43.2 Å². The van der Waals surface area contributed by atoms with Gasteiger partial charge in [-0.15, -0.1) is 24.8 Å². The van der Waals surface area contributed by atoms with E-state index >= 15 is 0 Å². The number of nitrogens with one attached hydrogen (secondary N) is 2. The van der Waals surface area contributed by atoms with E-state index in [0.29, 0.717) is 0 Å². The van der Waals surface area contributed by atoms with Crippen LogP contribution >= 0.6 is 36.4 Å². The van der Waals surface area contributed by atoms with Crippen molar-refractivity contribution in [2.75, 3.05) is 20.1 Å². The summed E-state index contributed by atoms with van der Waals surface area (Å²) in [7, 11) is 1.99. The van der Waals surface area contributed by atoms with Gasteiger partial charge in [0.05, 0.1) is 0 Å². The van der Waals surface area contributed by atoms with E-state index in [2.05, 4.69) is 52.5 Å². The van der Waals surface area contributed by atoms with Crippen molar-refractivity contribution in [3.05, 3.63) is 70.4 Å². The normalized spacial score (nSPS) is 10.5. The highest BCUT2D eigenvalue weighted by molar-refractivity contribution is 6.31. The van der Waals surface area contributed by atoms with E-state index in [9.17, 15) is 0 Å². The maximum atomic E-state index is 6.38. The van der Waals surface area contributed by atoms with Crippen LogP contribution in [0.5, 0.6) is 0 Å². The van der Waals surface area contributed by atoms with Gasteiger partial charge in [-0.3, -0.25) is 0 Å². The number of benzene rings is 2. The van der Waals surface area contributed by atoms with Crippen LogP contribution in [-0.4, -0.2) is 24.7 Å². The van der Waals surface area contributed by atoms with Gasteiger partial charge in [0.15, 0.2) is 0 Å². The van der Waals surface area contributed by atoms with Crippen molar-refractivity contribution in [3.63, 3.8) is 0 Å². The summed E-state index contributed by atoms with van der Waals surface area (Å²) in [5.41, 5.74) is 5.11. The predicted molar refractivity (Wildman–Crippen MR) is 122 cm³/mol. The van der Waals surface area contributed by atoms with Gasteiger partial charge in [-0.1, -0.05) is 48.0 Å². The summed E-state index contributed by atoms with van der Waals surface area (Å²) in [5, 5.41) is 8.92. The maximum Gasteiger partial charge on any atom is 0.0493 e. The second-order valence-electron chi connectivity index (χ2n) is 6.39. The fourth-order valence-electron chi connectivity index (χ4n) is 3.33. The molecule has 27 heavy (non-hydrogen) atoms. The van der Waals surface area contributed by atoms with Crippen LogP contribution in [0.25, 0.3) is 10.9 Å². The monoisotopic (exact) mass is 427 g/mol. The van der Waals surface area contributed by atoms with Crippen LogP contribution < -0.4 is 10.6 Å². The molecular weight excluding hydrogens is 401 g/mol. The molecular formula is C21H28Cl3N3. The predicted octanol–water partition coefficient (Wildman–Crippen LogP) is 5.19. The first kappa shape index (κ1) is 23.8. The number of halogens is 3. The number of aromatic nitrogens is 1. The highest BCUT2D eigenvalue weighted by atomic mass is 35.5. The minimum atomic E-state index is 0. The fourth-order valence-corrected chi connectivity index (χ4v) is 3.53. The van der Waals surface area contributed by atoms with Crippen molar-refractivity contribution < 1.29 is 0 Å². The zero-order chi connectivity index (χ0) is 17.6. The van der Waals surface area contributed by atoms with Crippen molar-refractivity contribution in [2.24, 2.45) is 0 Å². The summed E-state index contributed by atoms with van der Waals surface area (Å²) in [6.07, 6.45) is 1.13. The Labute approximate surface area is 179 Å². The second kappa shape index (κ2) is 11.6. The highest BCUT2D eigenvalue weighted by Crippen LogP contribution is 2.28. The standard InChI is InChI=1S/C21H26ClN3.2ClH/c1-16-19(14-24-13-7-12-23-2)18-9-4-6-11-21(18)25(16)15-17-8-3-5-10-20(17)22;;/h3-6,8-11,23-24H,7,12-15H2,1-2H3;2*1H. The van der Waals surface area contributed by atoms with Crippen LogP contribution in [-0.2, 0) is 13.1 Å². The Morgan fingerprint density at radius 1 is 0.963 bits per heavy atom. The van der Waals surface area contributed by atoms with Crippen LogP contribution in [0.15, 0.2) is 48.5 Å². The lowest BCUT2D eigenvalue weighted by atomic mass is 10.1. The zero-order valence-electron chi connectivity index (χ0n) is 15.8. The van der Waals surface area contributed by atoms with Gasteiger partial charge in [0.25, 0.3) is 0 Å². The molecule has 0 aliphatic rings. The molecule has 1 heterocycles. The smallest absolute Gasteiger partial charge is 0.0493 e. The third-order valence-electron chi connectivity index (χ3n) is 4.73. The Bertz CT molecular complexity index is 846. The van der Waals surface area contributed by atoms with Crippen molar-refractivity contribution in [1.29, 1.82) is 0 Å². The maximum absolute atomic E-state index is 6.38. The van der Waals surface area contributed by atoms with E-state index in [-0.39, 0.29) is 24.8 Å². The number of para-hydroxylation sites is 1. The summed E-state index contributed by atoms with van der Waals surface area (Å²) in [5.74, 6) is 0. The molecule has 0 fully saturated rings. The Morgan fingerprint density at radius 2 is 1.67 bits per heavy atom. The molecule has 2 N–H and O–H groups in total. The number of hydrogen-bond donors (Lipinski definition) is 2. The summed E-state index contributed by atoms with van der Waals surface area (Å²) < 4.78 is 2.38. The molecule has 0 aliphatic heterocycles. The Kier molecular flexibility index (Phi) is 10.2. The number of hydrogen-bond acceptors (Lipinski definition) is 2. The third-order valence-corrected chi connectivity index (χ3v) is 5.10. The average Bonchev–Trinajstić information content (AvgIpc) is 2.89. The molecule has 0 atom stereocenters. The van der Waals surface area contributed by atoms with Crippen molar-refractivity contribution >= 4 is 47.3 Å². The molecule has 0 saturated heterocycles. The molecule has 6 heteroatoms. The summed E-state index contributed by atoms with van der Waals surface area (Å²) >= 11 is 6.38. The molecule has 3 aromatic rings. The average molecular weight is 429 g/mol. The molecule has 3 rings (SSSR count). The van der Waals surface area contributed by atoms with Crippen LogP contribution in [0.3, 0.4) is 0 Å². The Balaban J connectivity index is 0.00000182. The molecule has 0 aliphatic carbocycles. The van der Waals surface area contributed by atoms with E-state index in [1.165, 1.54) is 22.2 Å². The van der Waals surface area contributed by atoms with Crippen LogP contribution in [0.1, 0.15) is 23.2 Å². The van der Waals surface area contributed by atoms with E-state index in [1.54, 1.807) is 0 Å². The first-order valence-electron chi connectivity index (χ1n) is 8.87. The van der Waals surface area contributed by atoms with Crippen LogP contribution in [0.2, 0.25) is 5.02 Å². The Morgan fingerprint density at radius 3 is 2.41 bits per heavy atom. The van der Waals surface area contributed by atoms with Crippen LogP contribution in [0.4, 0.5) is 0 Å². The van der Waals surface area contributed by atoms with Gasteiger partial charge < -0.3 is 15.2 Å². The lowest BCUT2D eigenvalue weighted by Crippen LogP contribution is -2.19. The molecule has 2 aromatic carbocycles. The van der Waals surface area contributed by atoms with E-state index < -0.39 is 0 Å². The SMILES string of the molecule is CNCCCNCc1c(C)n(Cc2ccccc2Cl)c2ccccc12.Cl.Cl. The van der Waals surface area contributed by atoms with Gasteiger partial charge in [-0.2, -0.15) is 0 Å². The quantitative estimate of drug-likeness (QED) is 0.483. The largest absolute Gasteiger partial charge is 0.340 e.